The fourth-order valence-corrected chi connectivity index (χ4v) is 5.34. The molecule has 1 aromatic rings. The highest BCUT2D eigenvalue weighted by atomic mass is 32.2. The number of thioether (sulfide) groups is 1. The third-order valence-electron chi connectivity index (χ3n) is 6.37. The maximum Gasteiger partial charge on any atom is 0.416 e. The van der Waals surface area contributed by atoms with Crippen molar-refractivity contribution in [1.29, 1.82) is 0 Å². The lowest BCUT2D eigenvalue weighted by Crippen LogP contribution is -2.47. The number of halogens is 3. The first-order chi connectivity index (χ1) is 16.6. The van der Waals surface area contributed by atoms with Crippen molar-refractivity contribution in [3.63, 3.8) is 0 Å². The number of esters is 1. The van der Waals surface area contributed by atoms with Crippen LogP contribution in [0.15, 0.2) is 51.6 Å². The highest BCUT2D eigenvalue weighted by Gasteiger charge is 2.42. The van der Waals surface area contributed by atoms with Gasteiger partial charge in [-0.3, -0.25) is 4.79 Å². The summed E-state index contributed by atoms with van der Waals surface area (Å²) in [5, 5.41) is 2.41. The molecule has 0 saturated carbocycles. The normalized spacial score (nSPS) is 21.0. The van der Waals surface area contributed by atoms with Crippen LogP contribution in [0.1, 0.15) is 36.9 Å². The fourth-order valence-electron chi connectivity index (χ4n) is 4.40. The summed E-state index contributed by atoms with van der Waals surface area (Å²) in [5.74, 6) is -0.640. The van der Waals surface area contributed by atoms with Crippen molar-refractivity contribution in [3.05, 3.63) is 57.8 Å². The lowest BCUT2D eigenvalue weighted by Gasteiger charge is -2.37. The highest BCUT2D eigenvalue weighted by molar-refractivity contribution is 8.16. The number of fused-ring (bicyclic) bond motifs is 1. The molecule has 188 valence electrons. The third-order valence-corrected chi connectivity index (χ3v) is 7.26. The topological polar surface area (TPSA) is 65.5 Å². The van der Waals surface area contributed by atoms with Crippen LogP contribution in [0.2, 0.25) is 0 Å². The summed E-state index contributed by atoms with van der Waals surface area (Å²) in [4.78, 5) is 36.4. The van der Waals surface area contributed by atoms with Crippen LogP contribution in [0, 0.1) is 0 Å². The van der Waals surface area contributed by atoms with Gasteiger partial charge < -0.3 is 19.4 Å². The lowest BCUT2D eigenvalue weighted by molar-refractivity contribution is -0.138. The average molecular weight is 509 g/mol. The molecule has 1 aromatic carbocycles. The van der Waals surface area contributed by atoms with Crippen LogP contribution in [0.5, 0.6) is 0 Å². The predicted octanol–water partition coefficient (Wildman–Crippen LogP) is 4.01. The van der Waals surface area contributed by atoms with Gasteiger partial charge in [0.15, 0.2) is 5.17 Å². The first kappa shape index (κ1) is 25.3. The molecule has 1 saturated heterocycles. The molecule has 0 bridgehead atoms. The van der Waals surface area contributed by atoms with Crippen molar-refractivity contribution < 1.29 is 27.5 Å². The Morgan fingerprint density at radius 3 is 2.37 bits per heavy atom. The maximum absolute atomic E-state index is 13.2. The van der Waals surface area contributed by atoms with Crippen LogP contribution in [0.25, 0.3) is 0 Å². The number of methoxy groups -OCH3 is 1. The molecule has 0 N–H and O–H groups in total. The zero-order valence-electron chi connectivity index (χ0n) is 19.8. The van der Waals surface area contributed by atoms with E-state index in [-0.39, 0.29) is 17.9 Å². The molecule has 1 atom stereocenters. The summed E-state index contributed by atoms with van der Waals surface area (Å²) in [6.45, 7) is 4.70. The summed E-state index contributed by atoms with van der Waals surface area (Å²) in [7, 11) is 3.27. The van der Waals surface area contributed by atoms with Crippen molar-refractivity contribution in [3.8, 4) is 0 Å². The minimum absolute atomic E-state index is 0.0396. The molecule has 1 unspecified atom stereocenters. The number of ether oxygens (including phenoxy) is 1. The first-order valence-electron chi connectivity index (χ1n) is 11.3. The average Bonchev–Trinajstić information content (AvgIpc) is 3.24. The Morgan fingerprint density at radius 2 is 1.80 bits per heavy atom. The minimum atomic E-state index is -4.48. The number of aliphatic imine (C=N–C) groups is 1. The van der Waals surface area contributed by atoms with E-state index in [2.05, 4.69) is 9.89 Å². The Morgan fingerprint density at radius 1 is 1.14 bits per heavy atom. The summed E-state index contributed by atoms with van der Waals surface area (Å²) in [6.07, 6.45) is -3.94. The number of hydrogen-bond acceptors (Lipinski definition) is 7. The molecular formula is C24H27F3N4O3S. The standard InChI is InChI=1S/C24H27F3N4O3S/c1-4-18-20(22(33)34-3)21(15-5-7-16(8-6-15)24(25,26)27)31-17(14-35-23(31)28-18)13-19(32)30-11-9-29(2)10-12-30/h5-8,14,21H,4,9-13H2,1-3H3. The summed E-state index contributed by atoms with van der Waals surface area (Å²) >= 11 is 1.34. The van der Waals surface area contributed by atoms with Gasteiger partial charge in [-0.25, -0.2) is 9.79 Å². The van der Waals surface area contributed by atoms with E-state index in [1.807, 2.05) is 24.3 Å². The van der Waals surface area contributed by atoms with Crippen molar-refractivity contribution in [1.82, 2.24) is 14.7 Å². The van der Waals surface area contributed by atoms with Gasteiger partial charge in [-0.05, 0) is 36.6 Å². The number of likely N-dealkylation sites (N-methyl/N-ethyl adjacent to an activating group) is 1. The molecule has 1 amide bonds. The molecule has 3 aliphatic rings. The summed E-state index contributed by atoms with van der Waals surface area (Å²) in [5.41, 5.74) is 1.14. The van der Waals surface area contributed by atoms with E-state index < -0.39 is 23.8 Å². The Balaban J connectivity index is 1.70. The molecular weight excluding hydrogens is 481 g/mol. The molecule has 0 aromatic heterocycles. The number of piperazine rings is 1. The smallest absolute Gasteiger partial charge is 0.416 e. The second-order valence-electron chi connectivity index (χ2n) is 8.58. The van der Waals surface area contributed by atoms with Crippen LogP contribution in [-0.4, -0.2) is 72.1 Å². The molecule has 1 fully saturated rings. The second-order valence-corrected chi connectivity index (χ2v) is 9.42. The van der Waals surface area contributed by atoms with E-state index in [9.17, 15) is 22.8 Å². The van der Waals surface area contributed by atoms with Crippen LogP contribution in [0.4, 0.5) is 13.2 Å². The summed E-state index contributed by atoms with van der Waals surface area (Å²) < 4.78 is 44.6. The Hall–Kier alpha value is -2.79. The van der Waals surface area contributed by atoms with E-state index in [1.54, 1.807) is 4.90 Å². The molecule has 35 heavy (non-hydrogen) atoms. The van der Waals surface area contributed by atoms with Crippen LogP contribution in [0.3, 0.4) is 0 Å². The predicted molar refractivity (Wildman–Crippen MR) is 127 cm³/mol. The van der Waals surface area contributed by atoms with Gasteiger partial charge in [-0.2, -0.15) is 13.2 Å². The van der Waals surface area contributed by atoms with E-state index >= 15 is 0 Å². The van der Waals surface area contributed by atoms with E-state index in [0.717, 1.165) is 25.2 Å². The monoisotopic (exact) mass is 508 g/mol. The molecule has 0 aliphatic carbocycles. The molecule has 3 aliphatic heterocycles. The lowest BCUT2D eigenvalue weighted by atomic mass is 9.92. The number of nitrogens with zero attached hydrogens (tertiary/aromatic N) is 4. The number of hydrogen-bond donors (Lipinski definition) is 0. The Kier molecular flexibility index (Phi) is 7.27. The number of amidine groups is 1. The van der Waals surface area contributed by atoms with Gasteiger partial charge in [0.2, 0.25) is 5.91 Å². The molecule has 0 radical (unpaired) electrons. The third kappa shape index (κ3) is 5.11. The molecule has 0 spiro atoms. The number of benzene rings is 1. The van der Waals surface area contributed by atoms with Gasteiger partial charge in [-0.15, -0.1) is 0 Å². The maximum atomic E-state index is 13.2. The van der Waals surface area contributed by atoms with E-state index in [1.165, 1.54) is 31.0 Å². The SMILES string of the molecule is CCC1=C(C(=O)OC)C(c2ccc(C(F)(F)F)cc2)N2C(CC(=O)N3CCN(C)CC3)=CSC2=N1. The van der Waals surface area contributed by atoms with Gasteiger partial charge in [0.25, 0.3) is 0 Å². The van der Waals surface area contributed by atoms with Crippen LogP contribution < -0.4 is 0 Å². The van der Waals surface area contributed by atoms with E-state index in [4.69, 9.17) is 4.74 Å². The number of allylic oxidation sites excluding steroid dienone is 1. The second kappa shape index (κ2) is 10.1. The number of carbonyl (C=O) groups excluding carboxylic acids is 2. The van der Waals surface area contributed by atoms with Crippen molar-refractivity contribution in [2.45, 2.75) is 32.0 Å². The van der Waals surface area contributed by atoms with Crippen LogP contribution in [-0.2, 0) is 20.5 Å². The van der Waals surface area contributed by atoms with Gasteiger partial charge in [0.05, 0.1) is 36.4 Å². The summed E-state index contributed by atoms with van der Waals surface area (Å²) in [6, 6.07) is 3.99. The van der Waals surface area contributed by atoms with Crippen molar-refractivity contribution in [2.75, 3.05) is 40.3 Å². The quantitative estimate of drug-likeness (QED) is 0.560. The van der Waals surface area contributed by atoms with Gasteiger partial charge in [-0.1, -0.05) is 30.8 Å². The molecule has 11 heteroatoms. The number of rotatable bonds is 5. The zero-order chi connectivity index (χ0) is 25.3. The van der Waals surface area contributed by atoms with Crippen LogP contribution >= 0.6 is 11.8 Å². The Bertz CT molecular complexity index is 1090. The highest BCUT2D eigenvalue weighted by Crippen LogP contribution is 2.46. The zero-order valence-corrected chi connectivity index (χ0v) is 20.6. The molecule has 7 nitrogen and oxygen atoms in total. The number of alkyl halides is 3. The molecule has 4 rings (SSSR count). The number of carbonyl (C=O) groups is 2. The minimum Gasteiger partial charge on any atom is -0.466 e. The molecule has 3 heterocycles. The first-order valence-corrected chi connectivity index (χ1v) is 12.2. The number of amides is 1. The fraction of sp³-hybridized carbons (Fsp3) is 0.458. The largest absolute Gasteiger partial charge is 0.466 e. The van der Waals surface area contributed by atoms with Crippen molar-refractivity contribution >= 4 is 28.8 Å². The van der Waals surface area contributed by atoms with Gasteiger partial charge in [0, 0.05) is 31.9 Å². The Labute approximate surface area is 206 Å². The van der Waals surface area contributed by atoms with Gasteiger partial charge >= 0.3 is 12.1 Å². The van der Waals surface area contributed by atoms with Crippen molar-refractivity contribution in [2.24, 2.45) is 4.99 Å². The van der Waals surface area contributed by atoms with E-state index in [0.29, 0.717) is 41.6 Å². The van der Waals surface area contributed by atoms with Gasteiger partial charge in [0.1, 0.15) is 0 Å².